The van der Waals surface area contributed by atoms with Gasteiger partial charge in [-0.1, -0.05) is 47.5 Å². The summed E-state index contributed by atoms with van der Waals surface area (Å²) in [6.07, 6.45) is 0. The van der Waals surface area contributed by atoms with Gasteiger partial charge >= 0.3 is 0 Å². The molecule has 0 aliphatic heterocycles. The number of benzene rings is 4. The van der Waals surface area contributed by atoms with Crippen molar-refractivity contribution in [3.63, 3.8) is 0 Å². The highest BCUT2D eigenvalue weighted by Crippen LogP contribution is 2.39. The van der Waals surface area contributed by atoms with Crippen LogP contribution in [0.15, 0.2) is 94.7 Å². The predicted octanol–water partition coefficient (Wildman–Crippen LogP) is 6.57. The summed E-state index contributed by atoms with van der Waals surface area (Å²) >= 11 is 11.9. The van der Waals surface area contributed by atoms with Gasteiger partial charge < -0.3 is 10.2 Å². The minimum absolute atomic E-state index is 0.0218. The molecule has 4 nitrogen and oxygen atoms in total. The van der Waals surface area contributed by atoms with Gasteiger partial charge in [0.25, 0.3) is 0 Å². The SMILES string of the molecule is O=S(=O)(c1ccc(O)cc1-c1ccc(Cl)cc1)c1ccc(O)cc1-c1ccc(Cl)cc1. The number of phenolic OH excluding ortho intramolecular Hbond substituents is 2. The molecule has 0 heterocycles. The molecule has 0 aromatic heterocycles. The quantitative estimate of drug-likeness (QED) is 0.353. The molecule has 0 saturated heterocycles. The molecule has 0 unspecified atom stereocenters. The van der Waals surface area contributed by atoms with Crippen LogP contribution in [0.3, 0.4) is 0 Å². The molecule has 0 radical (unpaired) electrons. The van der Waals surface area contributed by atoms with Crippen LogP contribution in [0.2, 0.25) is 10.0 Å². The van der Waals surface area contributed by atoms with Gasteiger partial charge in [-0.25, -0.2) is 8.42 Å². The van der Waals surface area contributed by atoms with E-state index in [0.717, 1.165) is 0 Å². The second kappa shape index (κ2) is 8.27. The number of sulfone groups is 1. The third-order valence-electron chi connectivity index (χ3n) is 4.82. The molecular formula is C24H16Cl2O4S. The average Bonchev–Trinajstić information content (AvgIpc) is 2.74. The van der Waals surface area contributed by atoms with Gasteiger partial charge in [0.1, 0.15) is 11.5 Å². The Labute approximate surface area is 189 Å². The minimum atomic E-state index is -4.04. The van der Waals surface area contributed by atoms with E-state index in [9.17, 15) is 18.6 Å². The van der Waals surface area contributed by atoms with Gasteiger partial charge in [-0.3, -0.25) is 0 Å². The zero-order valence-corrected chi connectivity index (χ0v) is 18.3. The summed E-state index contributed by atoms with van der Waals surface area (Å²) in [5, 5.41) is 21.1. The Kier molecular flexibility index (Phi) is 5.67. The standard InChI is InChI=1S/C24H16Cl2O4S/c25-17-5-1-15(2-6-17)21-13-19(27)9-11-23(21)31(29,30)24-12-10-20(28)14-22(24)16-3-7-18(26)8-4-16/h1-14,27-28H. The smallest absolute Gasteiger partial charge is 0.207 e. The molecule has 2 N–H and O–H groups in total. The molecule has 4 aromatic rings. The number of phenols is 2. The maximum absolute atomic E-state index is 13.8. The summed E-state index contributed by atoms with van der Waals surface area (Å²) in [7, 11) is -4.04. The first-order valence-corrected chi connectivity index (χ1v) is 11.4. The topological polar surface area (TPSA) is 74.6 Å². The highest BCUT2D eigenvalue weighted by Gasteiger charge is 2.26. The highest BCUT2D eigenvalue weighted by molar-refractivity contribution is 7.91. The van der Waals surface area contributed by atoms with Crippen molar-refractivity contribution in [3.8, 4) is 33.8 Å². The predicted molar refractivity (Wildman–Crippen MR) is 123 cm³/mol. The lowest BCUT2D eigenvalue weighted by molar-refractivity contribution is 0.474. The van der Waals surface area contributed by atoms with E-state index in [1.54, 1.807) is 48.5 Å². The van der Waals surface area contributed by atoms with Crippen LogP contribution in [0.5, 0.6) is 11.5 Å². The van der Waals surface area contributed by atoms with Gasteiger partial charge in [0.15, 0.2) is 0 Å². The summed E-state index contributed by atoms with van der Waals surface area (Å²) in [5.74, 6) is -0.125. The van der Waals surface area contributed by atoms with Gasteiger partial charge in [0.05, 0.1) is 9.79 Å². The molecule has 0 atom stereocenters. The van der Waals surface area contributed by atoms with Crippen LogP contribution >= 0.6 is 23.2 Å². The molecule has 4 aromatic carbocycles. The Bertz CT molecular complexity index is 1260. The summed E-state index contributed by atoms with van der Waals surface area (Å²) < 4.78 is 27.5. The summed E-state index contributed by atoms with van der Waals surface area (Å²) in [6.45, 7) is 0. The second-order valence-electron chi connectivity index (χ2n) is 6.88. The fourth-order valence-electron chi connectivity index (χ4n) is 3.33. The lowest BCUT2D eigenvalue weighted by atomic mass is 10.1. The second-order valence-corrected chi connectivity index (χ2v) is 9.64. The van der Waals surface area contributed by atoms with Gasteiger partial charge in [0.2, 0.25) is 9.84 Å². The van der Waals surface area contributed by atoms with Crippen molar-refractivity contribution in [1.82, 2.24) is 0 Å². The Hall–Kier alpha value is -2.99. The van der Waals surface area contributed by atoms with E-state index in [2.05, 4.69) is 0 Å². The molecule has 156 valence electrons. The number of hydrogen-bond donors (Lipinski definition) is 2. The van der Waals surface area contributed by atoms with Gasteiger partial charge in [0, 0.05) is 21.2 Å². The molecule has 0 saturated carbocycles. The lowest BCUT2D eigenvalue weighted by Gasteiger charge is -2.15. The molecule has 0 spiro atoms. The number of halogens is 2. The maximum atomic E-state index is 13.8. The van der Waals surface area contributed by atoms with E-state index >= 15 is 0 Å². The first-order chi connectivity index (χ1) is 14.8. The molecular weight excluding hydrogens is 455 g/mol. The molecule has 0 amide bonds. The Balaban J connectivity index is 1.95. The van der Waals surface area contributed by atoms with Crippen molar-refractivity contribution in [2.24, 2.45) is 0 Å². The van der Waals surface area contributed by atoms with Crippen LogP contribution < -0.4 is 0 Å². The summed E-state index contributed by atoms with van der Waals surface area (Å²) in [6, 6.07) is 21.5. The first-order valence-electron chi connectivity index (χ1n) is 9.19. The molecule has 4 rings (SSSR count). The summed E-state index contributed by atoms with van der Waals surface area (Å²) in [5.41, 5.74) is 1.86. The first kappa shape index (κ1) is 21.2. The van der Waals surface area contributed by atoms with E-state index in [1.807, 2.05) is 0 Å². The monoisotopic (exact) mass is 470 g/mol. The fraction of sp³-hybridized carbons (Fsp3) is 0. The maximum Gasteiger partial charge on any atom is 0.207 e. The lowest BCUT2D eigenvalue weighted by Crippen LogP contribution is -2.06. The van der Waals surface area contributed by atoms with Crippen LogP contribution in [0.25, 0.3) is 22.3 Å². The van der Waals surface area contributed by atoms with Crippen molar-refractivity contribution < 1.29 is 18.6 Å². The van der Waals surface area contributed by atoms with E-state index in [1.165, 1.54) is 36.4 Å². The van der Waals surface area contributed by atoms with Gasteiger partial charge in [-0.15, -0.1) is 0 Å². The zero-order chi connectivity index (χ0) is 22.2. The van der Waals surface area contributed by atoms with Crippen LogP contribution in [0.4, 0.5) is 0 Å². The van der Waals surface area contributed by atoms with E-state index in [4.69, 9.17) is 23.2 Å². The largest absolute Gasteiger partial charge is 0.508 e. The van der Waals surface area contributed by atoms with Gasteiger partial charge in [-0.2, -0.15) is 0 Å². The van der Waals surface area contributed by atoms with Gasteiger partial charge in [-0.05, 0) is 71.8 Å². The van der Waals surface area contributed by atoms with E-state index in [-0.39, 0.29) is 21.3 Å². The third-order valence-corrected chi connectivity index (χ3v) is 7.19. The summed E-state index contributed by atoms with van der Waals surface area (Å²) in [4.78, 5) is 0.0436. The molecule has 0 aliphatic carbocycles. The van der Waals surface area contributed by atoms with Crippen molar-refractivity contribution in [2.45, 2.75) is 9.79 Å². The van der Waals surface area contributed by atoms with Crippen molar-refractivity contribution >= 4 is 33.0 Å². The number of rotatable bonds is 4. The Morgan fingerprint density at radius 3 is 1.26 bits per heavy atom. The molecule has 0 fully saturated rings. The Morgan fingerprint density at radius 1 is 0.548 bits per heavy atom. The molecule has 31 heavy (non-hydrogen) atoms. The zero-order valence-electron chi connectivity index (χ0n) is 16.0. The van der Waals surface area contributed by atoms with E-state index < -0.39 is 9.84 Å². The molecule has 0 bridgehead atoms. The molecule has 7 heteroatoms. The fourth-order valence-corrected chi connectivity index (χ4v) is 5.25. The number of aromatic hydroxyl groups is 2. The van der Waals surface area contributed by atoms with Crippen LogP contribution in [0.1, 0.15) is 0 Å². The minimum Gasteiger partial charge on any atom is -0.508 e. The average molecular weight is 471 g/mol. The van der Waals surface area contributed by atoms with Crippen molar-refractivity contribution in [1.29, 1.82) is 0 Å². The van der Waals surface area contributed by atoms with Crippen LogP contribution in [-0.4, -0.2) is 18.6 Å². The third kappa shape index (κ3) is 4.26. The normalized spacial score (nSPS) is 11.4. The van der Waals surface area contributed by atoms with Crippen molar-refractivity contribution in [3.05, 3.63) is 95.0 Å². The van der Waals surface area contributed by atoms with Crippen molar-refractivity contribution in [2.75, 3.05) is 0 Å². The highest BCUT2D eigenvalue weighted by atomic mass is 35.5. The Morgan fingerprint density at radius 2 is 0.903 bits per heavy atom. The van der Waals surface area contributed by atoms with Crippen LogP contribution in [-0.2, 0) is 9.84 Å². The molecule has 0 aliphatic rings. The van der Waals surface area contributed by atoms with Crippen LogP contribution in [0, 0.1) is 0 Å². The van der Waals surface area contributed by atoms with E-state index in [0.29, 0.717) is 32.3 Å². The number of hydrogen-bond acceptors (Lipinski definition) is 4.